The van der Waals surface area contributed by atoms with Gasteiger partial charge in [-0.1, -0.05) is 30.3 Å². The van der Waals surface area contributed by atoms with Gasteiger partial charge in [-0.05, 0) is 70.4 Å². The number of hydrogen-bond donors (Lipinski definition) is 4. The van der Waals surface area contributed by atoms with Crippen LogP contribution in [-0.2, 0) is 11.2 Å². The second kappa shape index (κ2) is 12.7. The van der Waals surface area contributed by atoms with E-state index in [-0.39, 0.29) is 29.7 Å². The van der Waals surface area contributed by atoms with Crippen molar-refractivity contribution in [3.05, 3.63) is 88.7 Å². The molecular formula is C33H38N6O4. The minimum Gasteiger partial charge on any atom is -0.490 e. The van der Waals surface area contributed by atoms with Gasteiger partial charge in [0.25, 0.3) is 0 Å². The Morgan fingerprint density at radius 1 is 1.14 bits per heavy atom. The summed E-state index contributed by atoms with van der Waals surface area (Å²) in [6.45, 7) is 8.71. The highest BCUT2D eigenvalue weighted by atomic mass is 16.5. The number of aromatic nitrogens is 2. The number of ether oxygens (including phenoxy) is 1. The lowest BCUT2D eigenvalue weighted by atomic mass is 9.84. The van der Waals surface area contributed by atoms with Gasteiger partial charge in [0, 0.05) is 41.5 Å². The average molecular weight is 583 g/mol. The lowest BCUT2D eigenvalue weighted by Gasteiger charge is -2.25. The highest BCUT2D eigenvalue weighted by Gasteiger charge is 2.28. The number of aliphatic hydroxyl groups excluding tert-OH is 1. The van der Waals surface area contributed by atoms with Crippen molar-refractivity contribution in [2.45, 2.75) is 64.7 Å². The maximum atomic E-state index is 12.7. The van der Waals surface area contributed by atoms with Gasteiger partial charge in [-0.2, -0.15) is 5.26 Å². The fourth-order valence-corrected chi connectivity index (χ4v) is 5.02. The first-order valence-corrected chi connectivity index (χ1v) is 14.2. The van der Waals surface area contributed by atoms with Crippen molar-refractivity contribution in [2.24, 2.45) is 11.5 Å². The van der Waals surface area contributed by atoms with E-state index in [2.05, 4.69) is 11.4 Å². The molecule has 4 rings (SSSR count). The number of fused-ring (bicyclic) bond motifs is 1. The topological polar surface area (TPSA) is 169 Å². The minimum atomic E-state index is -1.12. The summed E-state index contributed by atoms with van der Waals surface area (Å²) in [4.78, 5) is 30.0. The summed E-state index contributed by atoms with van der Waals surface area (Å²) < 4.78 is 7.78. The monoisotopic (exact) mass is 582 g/mol. The summed E-state index contributed by atoms with van der Waals surface area (Å²) in [7, 11) is 0. The van der Waals surface area contributed by atoms with E-state index in [1.807, 2.05) is 67.0 Å². The molecule has 0 fully saturated rings. The smallest absolute Gasteiger partial charge is 0.249 e. The number of aliphatic hydroxyl groups is 1. The number of rotatable bonds is 11. The number of nitriles is 1. The van der Waals surface area contributed by atoms with Crippen molar-refractivity contribution in [3.8, 4) is 23.1 Å². The van der Waals surface area contributed by atoms with Gasteiger partial charge in [-0.15, -0.1) is 0 Å². The van der Waals surface area contributed by atoms with Gasteiger partial charge in [0.05, 0.1) is 29.0 Å². The third-order valence-corrected chi connectivity index (χ3v) is 7.14. The molecule has 2 aromatic heterocycles. The van der Waals surface area contributed by atoms with Gasteiger partial charge in [-0.25, -0.2) is 4.98 Å². The van der Waals surface area contributed by atoms with Crippen LogP contribution in [0.5, 0.6) is 5.75 Å². The Morgan fingerprint density at radius 3 is 2.42 bits per heavy atom. The van der Waals surface area contributed by atoms with Crippen LogP contribution in [0.15, 0.2) is 60.9 Å². The summed E-state index contributed by atoms with van der Waals surface area (Å²) in [6, 6.07) is 16.8. The second-order valence-electron chi connectivity index (χ2n) is 11.6. The van der Waals surface area contributed by atoms with Crippen molar-refractivity contribution < 1.29 is 19.4 Å². The molecule has 4 aromatic rings. The fraction of sp³-hybridized carbons (Fsp3) is 0.333. The Bertz CT molecular complexity index is 1680. The van der Waals surface area contributed by atoms with E-state index in [1.54, 1.807) is 32.9 Å². The molecule has 10 nitrogen and oxygen atoms in total. The summed E-state index contributed by atoms with van der Waals surface area (Å²) in [5.41, 5.74) is 15.4. The van der Waals surface area contributed by atoms with Crippen molar-refractivity contribution in [3.63, 3.8) is 0 Å². The number of carbonyl (C=O) groups excluding carboxylic acids is 2. The summed E-state index contributed by atoms with van der Waals surface area (Å²) >= 11 is 0. The number of nitrogens with zero attached hydrogens (tertiary/aromatic N) is 3. The molecule has 0 aliphatic carbocycles. The molecule has 0 saturated heterocycles. The van der Waals surface area contributed by atoms with E-state index in [1.165, 1.54) is 0 Å². The van der Waals surface area contributed by atoms with Gasteiger partial charge in [0.2, 0.25) is 11.8 Å². The highest BCUT2D eigenvalue weighted by molar-refractivity contribution is 5.95. The number of pyridine rings is 1. The molecular weight excluding hydrogens is 544 g/mol. The van der Waals surface area contributed by atoms with E-state index in [4.69, 9.17) is 21.2 Å². The zero-order valence-corrected chi connectivity index (χ0v) is 25.1. The largest absolute Gasteiger partial charge is 0.490 e. The molecule has 0 spiro atoms. The van der Waals surface area contributed by atoms with Crippen LogP contribution in [0.3, 0.4) is 0 Å². The molecule has 2 aromatic carbocycles. The normalized spacial score (nSPS) is 13.0. The van der Waals surface area contributed by atoms with Gasteiger partial charge in [0.15, 0.2) is 0 Å². The summed E-state index contributed by atoms with van der Waals surface area (Å²) in [6.07, 6.45) is 3.30. The molecule has 0 aliphatic rings. The molecule has 43 heavy (non-hydrogen) atoms. The van der Waals surface area contributed by atoms with Gasteiger partial charge >= 0.3 is 0 Å². The number of nitrogens with one attached hydrogen (secondary N) is 1. The molecule has 6 N–H and O–H groups in total. The first kappa shape index (κ1) is 31.2. The average Bonchev–Trinajstić information content (AvgIpc) is 3.38. The molecule has 2 unspecified atom stereocenters. The van der Waals surface area contributed by atoms with Crippen LogP contribution in [0.2, 0.25) is 0 Å². The number of imidazole rings is 1. The van der Waals surface area contributed by atoms with Crippen LogP contribution in [0, 0.1) is 11.3 Å². The number of benzene rings is 2. The minimum absolute atomic E-state index is 0.107. The molecule has 2 amide bonds. The van der Waals surface area contributed by atoms with Crippen molar-refractivity contribution in [1.82, 2.24) is 14.7 Å². The van der Waals surface area contributed by atoms with E-state index < -0.39 is 23.5 Å². The predicted octanol–water partition coefficient (Wildman–Crippen LogP) is 3.99. The van der Waals surface area contributed by atoms with E-state index >= 15 is 0 Å². The molecule has 2 atom stereocenters. The zero-order chi connectivity index (χ0) is 31.5. The van der Waals surface area contributed by atoms with Crippen molar-refractivity contribution in [1.29, 1.82) is 5.26 Å². The molecule has 0 bridgehead atoms. The lowest BCUT2D eigenvalue weighted by Crippen LogP contribution is -2.50. The Balaban J connectivity index is 1.73. The molecule has 0 saturated carbocycles. The number of nitrogens with two attached hydrogens (primary N) is 2. The van der Waals surface area contributed by atoms with Crippen LogP contribution in [-0.4, -0.2) is 44.5 Å². The highest BCUT2D eigenvalue weighted by Crippen LogP contribution is 2.34. The van der Waals surface area contributed by atoms with Crippen LogP contribution < -0.4 is 21.5 Å². The summed E-state index contributed by atoms with van der Waals surface area (Å²) in [5.74, 6) is -1.22. The third-order valence-electron chi connectivity index (χ3n) is 7.14. The number of carbonyl (C=O) groups is 2. The molecule has 2 heterocycles. The van der Waals surface area contributed by atoms with Crippen LogP contribution in [0.4, 0.5) is 0 Å². The zero-order valence-electron chi connectivity index (χ0n) is 25.1. The first-order chi connectivity index (χ1) is 20.3. The Morgan fingerprint density at radius 2 is 1.84 bits per heavy atom. The molecule has 0 radical (unpaired) electrons. The maximum absolute atomic E-state index is 12.7. The molecule has 0 aliphatic heterocycles. The summed E-state index contributed by atoms with van der Waals surface area (Å²) in [5, 5.41) is 23.2. The standard InChI is InChI=1S/C33H38N6O4/c1-19(2)43-28-13-12-25(30(35)41)29(26(28)16-34)23(17-37-32(42)33(4,5)36)15-21-8-10-22(11-9-21)27-18-39-14-6-7-24(20(3)40)31(39)38-27/h6-14,18-20,23,40H,15,17,36H2,1-5H3,(H2,35,41)(H,37,42). The lowest BCUT2D eigenvalue weighted by molar-refractivity contribution is -0.125. The van der Waals surface area contributed by atoms with Gasteiger partial charge < -0.3 is 31.0 Å². The Kier molecular flexibility index (Phi) is 9.19. The van der Waals surface area contributed by atoms with Crippen LogP contribution in [0.25, 0.3) is 16.9 Å². The first-order valence-electron chi connectivity index (χ1n) is 14.2. The van der Waals surface area contributed by atoms with Crippen molar-refractivity contribution >= 4 is 17.5 Å². The van der Waals surface area contributed by atoms with Crippen LogP contribution >= 0.6 is 0 Å². The van der Waals surface area contributed by atoms with E-state index in [9.17, 15) is 20.0 Å². The number of amides is 2. The Hall–Kier alpha value is -4.72. The molecule has 224 valence electrons. The van der Waals surface area contributed by atoms with Gasteiger partial charge in [0.1, 0.15) is 17.5 Å². The van der Waals surface area contributed by atoms with Crippen molar-refractivity contribution in [2.75, 3.05) is 6.54 Å². The molecule has 10 heteroatoms. The maximum Gasteiger partial charge on any atom is 0.249 e. The number of hydrogen-bond acceptors (Lipinski definition) is 7. The fourth-order valence-electron chi connectivity index (χ4n) is 5.02. The van der Waals surface area contributed by atoms with Crippen LogP contribution in [0.1, 0.15) is 79.3 Å². The third kappa shape index (κ3) is 7.02. The van der Waals surface area contributed by atoms with E-state index in [0.29, 0.717) is 23.4 Å². The SMILES string of the molecule is CC(C)Oc1ccc(C(N)=O)c(C(CNC(=O)C(C)(C)N)Cc2ccc(-c3cn4cccc(C(C)O)c4n3)cc2)c1C#N. The second-order valence-corrected chi connectivity index (χ2v) is 11.6. The quantitative estimate of drug-likeness (QED) is 0.207. The predicted molar refractivity (Wildman–Crippen MR) is 164 cm³/mol. The number of primary amides is 1. The van der Waals surface area contributed by atoms with Gasteiger partial charge in [-0.3, -0.25) is 9.59 Å². The Labute approximate surface area is 251 Å². The van der Waals surface area contributed by atoms with E-state index in [0.717, 1.165) is 22.4 Å².